The normalized spacial score (nSPS) is 10.5. The van der Waals surface area contributed by atoms with Gasteiger partial charge >= 0.3 is 18.0 Å². The number of alkyl halides is 3. The second-order valence-corrected chi connectivity index (χ2v) is 4.23. The van der Waals surface area contributed by atoms with E-state index in [0.29, 0.717) is 5.56 Å². The first-order valence-electron chi connectivity index (χ1n) is 6.06. The lowest BCUT2D eigenvalue weighted by Gasteiger charge is -2.12. The number of hydrogen-bond acceptors (Lipinski definition) is 3. The largest absolute Gasteiger partial charge is 0.484 e. The maximum absolute atomic E-state index is 12.1. The summed E-state index contributed by atoms with van der Waals surface area (Å²) in [6, 6.07) is 3.99. The van der Waals surface area contributed by atoms with E-state index in [9.17, 15) is 22.8 Å². The van der Waals surface area contributed by atoms with Gasteiger partial charge in [0, 0.05) is 5.69 Å². The highest BCUT2D eigenvalue weighted by Crippen LogP contribution is 2.24. The number of ether oxygens (including phenoxy) is 1. The van der Waals surface area contributed by atoms with Crippen molar-refractivity contribution < 1.29 is 27.5 Å². The number of hydrogen-bond donors (Lipinski definition) is 2. The van der Waals surface area contributed by atoms with Crippen LogP contribution in [0.25, 0.3) is 0 Å². The van der Waals surface area contributed by atoms with Crippen molar-refractivity contribution in [2.75, 3.05) is 18.5 Å². The monoisotopic (exact) mass is 314 g/mol. The van der Waals surface area contributed by atoms with Crippen LogP contribution in [0.2, 0.25) is 0 Å². The lowest BCUT2D eigenvalue weighted by molar-refractivity contribution is -0.153. The van der Waals surface area contributed by atoms with E-state index in [1.165, 1.54) is 25.1 Å². The number of rotatable bonds is 4. The number of halogens is 3. The maximum Gasteiger partial charge on any atom is 0.422 e. The highest BCUT2D eigenvalue weighted by molar-refractivity contribution is 6.39. The van der Waals surface area contributed by atoms with Crippen molar-refractivity contribution in [2.45, 2.75) is 13.1 Å². The summed E-state index contributed by atoms with van der Waals surface area (Å²) in [5.74, 6) is 0.333. The van der Waals surface area contributed by atoms with Gasteiger partial charge < -0.3 is 15.4 Å². The van der Waals surface area contributed by atoms with Crippen LogP contribution in [0.3, 0.4) is 0 Å². The Kier molecular flexibility index (Phi) is 5.81. The number of carbonyl (C=O) groups is 2. The van der Waals surface area contributed by atoms with E-state index >= 15 is 0 Å². The van der Waals surface area contributed by atoms with Crippen LogP contribution < -0.4 is 15.4 Å². The molecule has 1 rings (SSSR count). The van der Waals surface area contributed by atoms with Crippen LogP contribution in [0.5, 0.6) is 5.75 Å². The molecule has 0 radical (unpaired) electrons. The van der Waals surface area contributed by atoms with Gasteiger partial charge in [0.25, 0.3) is 0 Å². The van der Waals surface area contributed by atoms with Gasteiger partial charge in [0.05, 0.1) is 6.54 Å². The van der Waals surface area contributed by atoms with E-state index in [2.05, 4.69) is 21.3 Å². The van der Waals surface area contributed by atoms with Crippen LogP contribution in [-0.4, -0.2) is 31.1 Å². The molecule has 1 aromatic rings. The Labute approximate surface area is 124 Å². The average molecular weight is 314 g/mol. The Morgan fingerprint density at radius 2 is 2.00 bits per heavy atom. The zero-order chi connectivity index (χ0) is 16.8. The first-order valence-corrected chi connectivity index (χ1v) is 6.06. The molecule has 0 unspecified atom stereocenters. The van der Waals surface area contributed by atoms with Gasteiger partial charge in [-0.25, -0.2) is 0 Å². The molecule has 0 fully saturated rings. The molecular weight excluding hydrogens is 301 g/mol. The predicted octanol–water partition coefficient (Wildman–Crippen LogP) is 1.62. The van der Waals surface area contributed by atoms with E-state index in [4.69, 9.17) is 6.42 Å². The fourth-order valence-corrected chi connectivity index (χ4v) is 1.45. The molecule has 22 heavy (non-hydrogen) atoms. The quantitative estimate of drug-likeness (QED) is 0.655. The summed E-state index contributed by atoms with van der Waals surface area (Å²) in [5, 5.41) is 4.47. The number of terminal acetylenes is 1. The molecule has 0 aliphatic rings. The first kappa shape index (κ1) is 17.4. The molecule has 0 spiro atoms. The van der Waals surface area contributed by atoms with Crippen LogP contribution >= 0.6 is 0 Å². The molecule has 0 aromatic heterocycles. The van der Waals surface area contributed by atoms with Crippen molar-refractivity contribution in [3.05, 3.63) is 23.8 Å². The maximum atomic E-state index is 12.1. The Morgan fingerprint density at radius 1 is 1.32 bits per heavy atom. The van der Waals surface area contributed by atoms with Crippen LogP contribution in [0.1, 0.15) is 5.56 Å². The number of amides is 2. The summed E-state index contributed by atoms with van der Waals surface area (Å²) in [7, 11) is 0. The molecule has 0 saturated heterocycles. The number of benzene rings is 1. The lowest BCUT2D eigenvalue weighted by atomic mass is 10.2. The molecule has 2 N–H and O–H groups in total. The molecule has 0 saturated carbocycles. The molecule has 8 heteroatoms. The molecule has 1 aromatic carbocycles. The predicted molar refractivity (Wildman–Crippen MR) is 73.2 cm³/mol. The fourth-order valence-electron chi connectivity index (χ4n) is 1.45. The summed E-state index contributed by atoms with van der Waals surface area (Å²) in [5.41, 5.74) is 0.629. The number of aryl methyl sites for hydroxylation is 1. The molecule has 2 amide bonds. The van der Waals surface area contributed by atoms with Crippen molar-refractivity contribution in [3.63, 3.8) is 0 Å². The van der Waals surface area contributed by atoms with E-state index in [-0.39, 0.29) is 18.0 Å². The second-order valence-electron chi connectivity index (χ2n) is 4.23. The van der Waals surface area contributed by atoms with Crippen LogP contribution in [0.4, 0.5) is 18.9 Å². The zero-order valence-corrected chi connectivity index (χ0v) is 11.6. The van der Waals surface area contributed by atoms with Crippen molar-refractivity contribution in [2.24, 2.45) is 0 Å². The third-order valence-corrected chi connectivity index (χ3v) is 2.38. The summed E-state index contributed by atoms with van der Waals surface area (Å²) in [6.07, 6.45) is 0.499. The Balaban J connectivity index is 2.67. The fraction of sp³-hybridized carbons (Fsp3) is 0.286. The Hall–Kier alpha value is -2.69. The number of carbonyl (C=O) groups excluding carboxylic acids is 2. The smallest absolute Gasteiger partial charge is 0.422 e. The summed E-state index contributed by atoms with van der Waals surface area (Å²) < 4.78 is 40.8. The summed E-state index contributed by atoms with van der Waals surface area (Å²) in [6.45, 7) is 0.0172. The van der Waals surface area contributed by atoms with Crippen molar-refractivity contribution in [3.8, 4) is 18.1 Å². The standard InChI is InChI=1S/C14H13F3N2O3/c1-3-6-18-12(20)13(21)19-10-4-5-11(9(2)7-10)22-8-14(15,16)17/h1,4-5,7H,6,8H2,2H3,(H,18,20)(H,19,21). The van der Waals surface area contributed by atoms with Gasteiger partial charge in [-0.15, -0.1) is 6.42 Å². The number of anilines is 1. The van der Waals surface area contributed by atoms with Gasteiger partial charge in [0.1, 0.15) is 5.75 Å². The van der Waals surface area contributed by atoms with Crippen molar-refractivity contribution in [1.29, 1.82) is 0 Å². The van der Waals surface area contributed by atoms with E-state index in [0.717, 1.165) is 0 Å². The summed E-state index contributed by atoms with van der Waals surface area (Å²) >= 11 is 0. The van der Waals surface area contributed by atoms with E-state index in [1.54, 1.807) is 0 Å². The van der Waals surface area contributed by atoms with Gasteiger partial charge in [-0.3, -0.25) is 9.59 Å². The van der Waals surface area contributed by atoms with Crippen molar-refractivity contribution >= 4 is 17.5 Å². The van der Waals surface area contributed by atoms with Gasteiger partial charge in [-0.05, 0) is 30.7 Å². The minimum atomic E-state index is -4.44. The molecular formula is C14H13F3N2O3. The third-order valence-electron chi connectivity index (χ3n) is 2.38. The molecule has 0 atom stereocenters. The molecule has 5 nitrogen and oxygen atoms in total. The SMILES string of the molecule is C#CCNC(=O)C(=O)Nc1ccc(OCC(F)(F)F)c(C)c1. The van der Waals surface area contributed by atoms with Gasteiger partial charge in [0.2, 0.25) is 0 Å². The zero-order valence-electron chi connectivity index (χ0n) is 11.6. The third kappa shape index (κ3) is 5.75. The molecule has 0 aliphatic carbocycles. The highest BCUT2D eigenvalue weighted by atomic mass is 19.4. The molecule has 0 bridgehead atoms. The Morgan fingerprint density at radius 3 is 2.55 bits per heavy atom. The van der Waals surface area contributed by atoms with E-state index < -0.39 is 24.6 Å². The topological polar surface area (TPSA) is 67.4 Å². The van der Waals surface area contributed by atoms with Gasteiger partial charge in [0.15, 0.2) is 6.61 Å². The Bertz CT molecular complexity index is 606. The van der Waals surface area contributed by atoms with Crippen LogP contribution in [-0.2, 0) is 9.59 Å². The number of nitrogens with one attached hydrogen (secondary N) is 2. The molecule has 118 valence electrons. The molecule has 0 heterocycles. The average Bonchev–Trinajstić information content (AvgIpc) is 2.42. The minimum Gasteiger partial charge on any atom is -0.484 e. The van der Waals surface area contributed by atoms with Crippen LogP contribution in [0, 0.1) is 19.3 Å². The van der Waals surface area contributed by atoms with E-state index in [1.807, 2.05) is 0 Å². The summed E-state index contributed by atoms with van der Waals surface area (Å²) in [4.78, 5) is 22.8. The molecule has 0 aliphatic heterocycles. The minimum absolute atomic E-state index is 0.0344. The highest BCUT2D eigenvalue weighted by Gasteiger charge is 2.28. The van der Waals surface area contributed by atoms with Crippen molar-refractivity contribution in [1.82, 2.24) is 5.32 Å². The van der Waals surface area contributed by atoms with Gasteiger partial charge in [-0.1, -0.05) is 5.92 Å². The lowest BCUT2D eigenvalue weighted by Crippen LogP contribution is -2.35. The first-order chi connectivity index (χ1) is 10.2. The van der Waals surface area contributed by atoms with Crippen LogP contribution in [0.15, 0.2) is 18.2 Å². The second kappa shape index (κ2) is 7.36. The van der Waals surface area contributed by atoms with Gasteiger partial charge in [-0.2, -0.15) is 13.2 Å².